The Morgan fingerprint density at radius 3 is 2.70 bits per heavy atom. The van der Waals surface area contributed by atoms with Gasteiger partial charge in [0.15, 0.2) is 0 Å². The number of rotatable bonds is 4. The summed E-state index contributed by atoms with van der Waals surface area (Å²) in [6.45, 7) is 1.78. The van der Waals surface area contributed by atoms with Gasteiger partial charge >= 0.3 is 5.97 Å². The molecule has 1 aliphatic heterocycles. The lowest BCUT2D eigenvalue weighted by Gasteiger charge is -2.22. The van der Waals surface area contributed by atoms with Crippen LogP contribution < -0.4 is 10.6 Å². The fourth-order valence-electron chi connectivity index (χ4n) is 2.30. The maximum Gasteiger partial charge on any atom is 0.335 e. The minimum atomic E-state index is -1.15. The van der Waals surface area contributed by atoms with Crippen molar-refractivity contribution in [1.82, 2.24) is 5.32 Å². The molecule has 1 heterocycles. The van der Waals surface area contributed by atoms with E-state index < -0.39 is 11.8 Å². The number of carbonyl (C=O) groups is 2. The number of anilines is 1. The molecule has 5 nitrogen and oxygen atoms in total. The standard InChI is InChI=1S/C14H17FN2O3/c15-11-2-1-10(14(19)20)8-12(11)17-13(18)7-9-3-5-16-6-4-9/h1-2,8-9,16H,3-7H2,(H,17,18)(H,19,20). The van der Waals surface area contributed by atoms with Gasteiger partial charge in [-0.25, -0.2) is 9.18 Å². The van der Waals surface area contributed by atoms with Gasteiger partial charge in [0.05, 0.1) is 11.3 Å². The number of nitrogens with one attached hydrogen (secondary N) is 2. The Bertz CT molecular complexity index is 513. The molecule has 0 atom stereocenters. The summed E-state index contributed by atoms with van der Waals surface area (Å²) in [6, 6.07) is 3.35. The first-order chi connectivity index (χ1) is 9.56. The molecule has 1 fully saturated rings. The Balaban J connectivity index is 1.99. The molecule has 0 aromatic heterocycles. The van der Waals surface area contributed by atoms with E-state index in [0.29, 0.717) is 12.3 Å². The molecule has 1 aromatic carbocycles. The molecule has 108 valence electrons. The van der Waals surface area contributed by atoms with Crippen LogP contribution in [0.2, 0.25) is 0 Å². The normalized spacial score (nSPS) is 15.8. The first kappa shape index (κ1) is 14.5. The molecule has 1 aromatic rings. The van der Waals surface area contributed by atoms with E-state index in [1.54, 1.807) is 0 Å². The van der Waals surface area contributed by atoms with Crippen LogP contribution in [0.25, 0.3) is 0 Å². The van der Waals surface area contributed by atoms with Crippen LogP contribution >= 0.6 is 0 Å². The fraction of sp³-hybridized carbons (Fsp3) is 0.429. The van der Waals surface area contributed by atoms with E-state index in [4.69, 9.17) is 5.11 Å². The third-order valence-corrected chi connectivity index (χ3v) is 3.42. The third kappa shape index (κ3) is 3.77. The highest BCUT2D eigenvalue weighted by Crippen LogP contribution is 2.20. The van der Waals surface area contributed by atoms with E-state index in [1.807, 2.05) is 0 Å². The van der Waals surface area contributed by atoms with Crippen molar-refractivity contribution < 1.29 is 19.1 Å². The smallest absolute Gasteiger partial charge is 0.335 e. The number of carboxylic acid groups (broad SMARTS) is 1. The maximum atomic E-state index is 13.6. The summed E-state index contributed by atoms with van der Waals surface area (Å²) in [7, 11) is 0. The zero-order valence-electron chi connectivity index (χ0n) is 11.0. The van der Waals surface area contributed by atoms with Gasteiger partial charge in [-0.3, -0.25) is 4.79 Å². The molecule has 1 amide bonds. The molecular weight excluding hydrogens is 263 g/mol. The van der Waals surface area contributed by atoms with Crippen molar-refractivity contribution in [3.8, 4) is 0 Å². The summed E-state index contributed by atoms with van der Waals surface area (Å²) in [5, 5.41) is 14.5. The second kappa shape index (κ2) is 6.47. The number of piperidine rings is 1. The van der Waals surface area contributed by atoms with E-state index in [1.165, 1.54) is 6.07 Å². The molecule has 20 heavy (non-hydrogen) atoms. The molecule has 1 aliphatic rings. The molecule has 3 N–H and O–H groups in total. The second-order valence-electron chi connectivity index (χ2n) is 4.95. The molecule has 0 spiro atoms. The van der Waals surface area contributed by atoms with Crippen molar-refractivity contribution in [2.24, 2.45) is 5.92 Å². The van der Waals surface area contributed by atoms with Crippen LogP contribution in [0, 0.1) is 11.7 Å². The van der Waals surface area contributed by atoms with Crippen molar-refractivity contribution in [2.75, 3.05) is 18.4 Å². The monoisotopic (exact) mass is 280 g/mol. The summed E-state index contributed by atoms with van der Waals surface area (Å²) in [5.74, 6) is -1.77. The number of hydrogen-bond acceptors (Lipinski definition) is 3. The van der Waals surface area contributed by atoms with Gasteiger partial charge in [-0.15, -0.1) is 0 Å². The number of halogens is 1. The van der Waals surface area contributed by atoms with Crippen LogP contribution in [0.15, 0.2) is 18.2 Å². The van der Waals surface area contributed by atoms with Crippen molar-refractivity contribution in [2.45, 2.75) is 19.3 Å². The molecule has 0 radical (unpaired) electrons. The van der Waals surface area contributed by atoms with Crippen LogP contribution in [0.4, 0.5) is 10.1 Å². The second-order valence-corrected chi connectivity index (χ2v) is 4.95. The largest absolute Gasteiger partial charge is 0.478 e. The predicted octanol–water partition coefficient (Wildman–Crippen LogP) is 1.85. The highest BCUT2D eigenvalue weighted by Gasteiger charge is 2.18. The zero-order valence-corrected chi connectivity index (χ0v) is 11.0. The van der Waals surface area contributed by atoms with E-state index in [-0.39, 0.29) is 17.2 Å². The van der Waals surface area contributed by atoms with Gasteiger partial charge in [-0.1, -0.05) is 0 Å². The minimum Gasteiger partial charge on any atom is -0.478 e. The number of benzene rings is 1. The lowest BCUT2D eigenvalue weighted by atomic mass is 9.94. The first-order valence-corrected chi connectivity index (χ1v) is 6.59. The van der Waals surface area contributed by atoms with Crippen molar-refractivity contribution in [3.63, 3.8) is 0 Å². The van der Waals surface area contributed by atoms with Crippen LogP contribution in [0.1, 0.15) is 29.6 Å². The highest BCUT2D eigenvalue weighted by atomic mass is 19.1. The van der Waals surface area contributed by atoms with Gasteiger partial charge in [-0.2, -0.15) is 0 Å². The van der Waals surface area contributed by atoms with Crippen molar-refractivity contribution in [3.05, 3.63) is 29.6 Å². The fourth-order valence-corrected chi connectivity index (χ4v) is 2.30. The summed E-state index contributed by atoms with van der Waals surface area (Å²) in [4.78, 5) is 22.7. The Kier molecular flexibility index (Phi) is 4.68. The predicted molar refractivity (Wildman–Crippen MR) is 72.2 cm³/mol. The lowest BCUT2D eigenvalue weighted by molar-refractivity contribution is -0.117. The average molecular weight is 280 g/mol. The van der Waals surface area contributed by atoms with Crippen LogP contribution in [-0.2, 0) is 4.79 Å². The number of carboxylic acids is 1. The van der Waals surface area contributed by atoms with Crippen LogP contribution in [-0.4, -0.2) is 30.1 Å². The van der Waals surface area contributed by atoms with Gasteiger partial charge in [0.25, 0.3) is 0 Å². The van der Waals surface area contributed by atoms with E-state index in [2.05, 4.69) is 10.6 Å². The summed E-state index contributed by atoms with van der Waals surface area (Å²) >= 11 is 0. The minimum absolute atomic E-state index is 0.0523. The SMILES string of the molecule is O=C(CC1CCNCC1)Nc1cc(C(=O)O)ccc1F. The molecule has 2 rings (SSSR count). The van der Waals surface area contributed by atoms with Gasteiger partial charge < -0.3 is 15.7 Å². The molecule has 0 saturated carbocycles. The van der Waals surface area contributed by atoms with E-state index >= 15 is 0 Å². The number of carbonyl (C=O) groups excluding carboxylic acids is 1. The van der Waals surface area contributed by atoms with Crippen LogP contribution in [0.3, 0.4) is 0 Å². The first-order valence-electron chi connectivity index (χ1n) is 6.59. The molecular formula is C14H17FN2O3. The summed E-state index contributed by atoms with van der Waals surface area (Å²) < 4.78 is 13.6. The Morgan fingerprint density at radius 1 is 1.35 bits per heavy atom. The summed E-state index contributed by atoms with van der Waals surface area (Å²) in [6.07, 6.45) is 2.18. The Labute approximate surface area is 116 Å². The summed E-state index contributed by atoms with van der Waals surface area (Å²) in [5.41, 5.74) is -0.132. The van der Waals surface area contributed by atoms with Crippen LogP contribution in [0.5, 0.6) is 0 Å². The van der Waals surface area contributed by atoms with E-state index in [0.717, 1.165) is 38.1 Å². The molecule has 6 heteroatoms. The topological polar surface area (TPSA) is 78.4 Å². The average Bonchev–Trinajstić information content (AvgIpc) is 2.42. The van der Waals surface area contributed by atoms with Gasteiger partial charge in [0.1, 0.15) is 5.82 Å². The van der Waals surface area contributed by atoms with Gasteiger partial charge in [0.2, 0.25) is 5.91 Å². The molecule has 0 aliphatic carbocycles. The number of amides is 1. The lowest BCUT2D eigenvalue weighted by Crippen LogP contribution is -2.30. The highest BCUT2D eigenvalue weighted by molar-refractivity contribution is 5.94. The van der Waals surface area contributed by atoms with Crippen molar-refractivity contribution >= 4 is 17.6 Å². The quantitative estimate of drug-likeness (QED) is 0.786. The number of hydrogen-bond donors (Lipinski definition) is 3. The Hall–Kier alpha value is -1.95. The van der Waals surface area contributed by atoms with E-state index in [9.17, 15) is 14.0 Å². The van der Waals surface area contributed by atoms with Gasteiger partial charge in [-0.05, 0) is 50.0 Å². The molecule has 0 unspecified atom stereocenters. The van der Waals surface area contributed by atoms with Crippen molar-refractivity contribution in [1.29, 1.82) is 0 Å². The number of aromatic carboxylic acids is 1. The Morgan fingerprint density at radius 2 is 2.05 bits per heavy atom. The molecule has 1 saturated heterocycles. The molecule has 0 bridgehead atoms. The zero-order chi connectivity index (χ0) is 14.5. The maximum absolute atomic E-state index is 13.6. The third-order valence-electron chi connectivity index (χ3n) is 3.42. The van der Waals surface area contributed by atoms with Gasteiger partial charge in [0, 0.05) is 6.42 Å².